The fourth-order valence-electron chi connectivity index (χ4n) is 1.62. The van der Waals surface area contributed by atoms with Crippen molar-refractivity contribution in [3.63, 3.8) is 0 Å². The van der Waals surface area contributed by atoms with Crippen molar-refractivity contribution < 1.29 is 14.7 Å². The van der Waals surface area contributed by atoms with Crippen LogP contribution in [0.5, 0.6) is 0 Å². The average molecular weight is 280 g/mol. The lowest BCUT2D eigenvalue weighted by Crippen LogP contribution is -2.27. The van der Waals surface area contributed by atoms with Crippen LogP contribution in [0.2, 0.25) is 0 Å². The molecule has 0 radical (unpaired) electrons. The summed E-state index contributed by atoms with van der Waals surface area (Å²) in [5.74, 6) is -1.46. The second-order valence-electron chi connectivity index (χ2n) is 4.04. The monoisotopic (exact) mass is 280 g/mol. The lowest BCUT2D eigenvalue weighted by molar-refractivity contribution is 0.0697. The van der Waals surface area contributed by atoms with Crippen molar-refractivity contribution in [2.45, 2.75) is 6.92 Å². The summed E-state index contributed by atoms with van der Waals surface area (Å²) in [5.41, 5.74) is 0.706. The normalized spacial score (nSPS) is 10.5. The molecule has 0 aromatic carbocycles. The third-order valence-electron chi connectivity index (χ3n) is 2.59. The van der Waals surface area contributed by atoms with Crippen molar-refractivity contribution in [1.29, 1.82) is 0 Å². The molecule has 0 fully saturated rings. The number of hydrogen-bond acceptors (Lipinski definition) is 5. The van der Waals surface area contributed by atoms with Crippen molar-refractivity contribution in [3.05, 3.63) is 29.5 Å². The Morgan fingerprint density at radius 3 is 2.68 bits per heavy atom. The molecular weight excluding hydrogens is 268 g/mol. The fraction of sp³-hybridized carbons (Fsp3) is 0.273. The van der Waals surface area contributed by atoms with Gasteiger partial charge >= 0.3 is 5.97 Å². The number of anilines is 1. The second-order valence-corrected chi connectivity index (χ2v) is 4.79. The summed E-state index contributed by atoms with van der Waals surface area (Å²) >= 11 is 0.982. The maximum atomic E-state index is 12.2. The predicted molar refractivity (Wildman–Crippen MR) is 69.8 cm³/mol. The minimum absolute atomic E-state index is 0.0526. The van der Waals surface area contributed by atoms with Crippen LogP contribution in [0.25, 0.3) is 0 Å². The van der Waals surface area contributed by atoms with Gasteiger partial charge in [-0.1, -0.05) is 0 Å². The van der Waals surface area contributed by atoms with Crippen LogP contribution in [0.4, 0.5) is 5.00 Å². The van der Waals surface area contributed by atoms with Gasteiger partial charge in [0.05, 0.1) is 12.0 Å². The van der Waals surface area contributed by atoms with Gasteiger partial charge in [-0.25, -0.2) is 9.78 Å². The van der Waals surface area contributed by atoms with Gasteiger partial charge in [0, 0.05) is 20.3 Å². The van der Waals surface area contributed by atoms with Gasteiger partial charge in [0.1, 0.15) is 16.3 Å². The Labute approximate surface area is 113 Å². The molecular formula is C11H12N4O3S. The number of carbonyl (C=O) groups excluding carboxylic acids is 1. The summed E-state index contributed by atoms with van der Waals surface area (Å²) in [5, 5.41) is 9.46. The first-order valence-corrected chi connectivity index (χ1v) is 6.14. The molecule has 0 saturated heterocycles. The third-order valence-corrected chi connectivity index (χ3v) is 3.61. The highest BCUT2D eigenvalue weighted by Crippen LogP contribution is 2.28. The Kier molecular flexibility index (Phi) is 3.34. The Morgan fingerprint density at radius 1 is 1.47 bits per heavy atom. The molecule has 2 rings (SSSR count). The Balaban J connectivity index is 2.37. The van der Waals surface area contributed by atoms with Gasteiger partial charge in [0.15, 0.2) is 0 Å². The third kappa shape index (κ3) is 2.34. The molecule has 0 aliphatic heterocycles. The minimum Gasteiger partial charge on any atom is -0.478 e. The molecule has 7 nitrogen and oxygen atoms in total. The molecule has 2 aromatic rings. The summed E-state index contributed by atoms with van der Waals surface area (Å²) in [6, 6.07) is 0. The first-order chi connectivity index (χ1) is 8.91. The maximum absolute atomic E-state index is 12.2. The lowest BCUT2D eigenvalue weighted by atomic mass is 10.2. The number of aromatic nitrogens is 3. The molecule has 1 N–H and O–H groups in total. The highest BCUT2D eigenvalue weighted by atomic mass is 32.1. The van der Waals surface area contributed by atoms with Crippen LogP contribution in [0.3, 0.4) is 0 Å². The van der Waals surface area contributed by atoms with Crippen LogP contribution in [0.15, 0.2) is 12.5 Å². The van der Waals surface area contributed by atoms with E-state index in [0.29, 0.717) is 10.7 Å². The number of imidazole rings is 1. The van der Waals surface area contributed by atoms with Crippen molar-refractivity contribution in [2.24, 2.45) is 7.05 Å². The van der Waals surface area contributed by atoms with E-state index in [1.54, 1.807) is 24.7 Å². The van der Waals surface area contributed by atoms with Crippen molar-refractivity contribution in [3.8, 4) is 0 Å². The van der Waals surface area contributed by atoms with Crippen molar-refractivity contribution in [1.82, 2.24) is 13.9 Å². The van der Waals surface area contributed by atoms with E-state index in [4.69, 9.17) is 5.11 Å². The van der Waals surface area contributed by atoms with E-state index < -0.39 is 5.97 Å². The number of hydrogen-bond donors (Lipinski definition) is 1. The van der Waals surface area contributed by atoms with E-state index in [1.165, 1.54) is 18.3 Å². The number of aromatic carboxylic acids is 1. The molecule has 19 heavy (non-hydrogen) atoms. The molecule has 100 valence electrons. The van der Waals surface area contributed by atoms with Gasteiger partial charge in [-0.15, -0.1) is 0 Å². The van der Waals surface area contributed by atoms with Crippen LogP contribution in [-0.2, 0) is 7.05 Å². The second kappa shape index (κ2) is 4.81. The molecule has 1 amide bonds. The lowest BCUT2D eigenvalue weighted by Gasteiger charge is -2.14. The molecule has 0 spiro atoms. The minimum atomic E-state index is -1.10. The van der Waals surface area contributed by atoms with Gasteiger partial charge in [0.25, 0.3) is 5.91 Å². The molecule has 0 unspecified atom stereocenters. The number of rotatable bonds is 3. The van der Waals surface area contributed by atoms with Crippen LogP contribution >= 0.6 is 11.5 Å². The first-order valence-electron chi connectivity index (χ1n) is 5.37. The summed E-state index contributed by atoms with van der Waals surface area (Å²) in [6.45, 7) is 1.60. The number of carboxylic acid groups (broad SMARTS) is 1. The van der Waals surface area contributed by atoms with Gasteiger partial charge in [-0.2, -0.15) is 4.37 Å². The smallest absolute Gasteiger partial charge is 0.340 e. The topological polar surface area (TPSA) is 88.3 Å². The summed E-state index contributed by atoms with van der Waals surface area (Å²) in [7, 11) is 3.26. The number of aryl methyl sites for hydroxylation is 2. The van der Waals surface area contributed by atoms with Gasteiger partial charge in [-0.05, 0) is 18.5 Å². The van der Waals surface area contributed by atoms with Crippen molar-refractivity contribution >= 4 is 28.4 Å². The number of amides is 1. The molecule has 0 aliphatic carbocycles. The quantitative estimate of drug-likeness (QED) is 0.911. The molecule has 2 aromatic heterocycles. The molecule has 0 saturated carbocycles. The highest BCUT2D eigenvalue weighted by molar-refractivity contribution is 7.11. The average Bonchev–Trinajstić information content (AvgIpc) is 2.93. The first kappa shape index (κ1) is 13.2. The Hall–Kier alpha value is -2.22. The van der Waals surface area contributed by atoms with E-state index in [1.807, 2.05) is 0 Å². The molecule has 8 heteroatoms. The van der Waals surface area contributed by atoms with Gasteiger partial charge < -0.3 is 9.67 Å². The van der Waals surface area contributed by atoms with Crippen LogP contribution in [0, 0.1) is 6.92 Å². The van der Waals surface area contributed by atoms with Crippen LogP contribution in [-0.4, -0.2) is 38.0 Å². The van der Waals surface area contributed by atoms with E-state index in [2.05, 4.69) is 9.36 Å². The number of carboxylic acids is 1. The maximum Gasteiger partial charge on any atom is 0.340 e. The fourth-order valence-corrected chi connectivity index (χ4v) is 2.47. The van der Waals surface area contributed by atoms with E-state index in [-0.39, 0.29) is 17.2 Å². The Morgan fingerprint density at radius 2 is 2.16 bits per heavy atom. The largest absolute Gasteiger partial charge is 0.478 e. The highest BCUT2D eigenvalue weighted by Gasteiger charge is 2.25. The standard InChI is InChI=1S/C11H12N4O3S/c1-6-8(11(17)18)10(19-13-6)15(3)9(16)7-4-14(2)5-12-7/h4-5H,1-3H3,(H,17,18). The van der Waals surface area contributed by atoms with E-state index in [0.717, 1.165) is 11.5 Å². The van der Waals surface area contributed by atoms with Gasteiger partial charge in [0.2, 0.25) is 0 Å². The number of nitrogens with zero attached hydrogens (tertiary/aromatic N) is 4. The summed E-state index contributed by atoms with van der Waals surface area (Å²) < 4.78 is 5.63. The van der Waals surface area contributed by atoms with Gasteiger partial charge in [-0.3, -0.25) is 9.69 Å². The van der Waals surface area contributed by atoms with Crippen LogP contribution in [0.1, 0.15) is 26.5 Å². The molecule has 0 bridgehead atoms. The molecule has 0 aliphatic rings. The van der Waals surface area contributed by atoms with Crippen molar-refractivity contribution in [2.75, 3.05) is 11.9 Å². The Bertz CT molecular complexity index is 646. The predicted octanol–water partition coefficient (Wildman–Crippen LogP) is 1.16. The zero-order valence-electron chi connectivity index (χ0n) is 10.6. The summed E-state index contributed by atoms with van der Waals surface area (Å²) in [4.78, 5) is 28.6. The van der Waals surface area contributed by atoms with E-state index in [9.17, 15) is 9.59 Å². The number of carbonyl (C=O) groups is 2. The summed E-state index contributed by atoms with van der Waals surface area (Å²) in [6.07, 6.45) is 3.09. The zero-order chi connectivity index (χ0) is 14.2. The SMILES string of the molecule is Cc1nsc(N(C)C(=O)c2cn(C)cn2)c1C(=O)O. The zero-order valence-corrected chi connectivity index (χ0v) is 11.4. The molecule has 0 atom stereocenters. The van der Waals surface area contributed by atoms with Crippen LogP contribution < -0.4 is 4.90 Å². The van der Waals surface area contributed by atoms with E-state index >= 15 is 0 Å². The molecule has 2 heterocycles.